The molecule has 0 aromatic carbocycles. The van der Waals surface area contributed by atoms with Gasteiger partial charge in [0, 0.05) is 31.2 Å². The molecule has 0 aromatic rings. The molecule has 1 N–H and O–H groups in total. The average Bonchev–Trinajstić information content (AvgIpc) is 2.49. The topological polar surface area (TPSA) is 24.5 Å². The number of nitrogens with one attached hydrogen (secondary N) is 1. The normalized spacial score (nSPS) is 32.4. The molecule has 2 heterocycles. The lowest BCUT2D eigenvalue weighted by Crippen LogP contribution is -2.52. The number of hydrogen-bond donors (Lipinski definition) is 1. The Balaban J connectivity index is 1.94. The van der Waals surface area contributed by atoms with Crippen LogP contribution in [0.25, 0.3) is 0 Å². The van der Waals surface area contributed by atoms with Crippen LogP contribution in [0.1, 0.15) is 58.8 Å². The molecule has 0 aliphatic carbocycles. The third kappa shape index (κ3) is 4.44. The molecular weight excluding hydrogens is 248 g/mol. The predicted molar refractivity (Wildman–Crippen MR) is 85.1 cm³/mol. The summed E-state index contributed by atoms with van der Waals surface area (Å²) in [6.45, 7) is 11.3. The standard InChI is InChI=1S/C17H34N2O/c1-3-10-18-13-17(9-7-12-20-15-17)14-19-11-6-5-8-16(19)4-2/h16,18H,3-15H2,1-2H3. The molecule has 0 bridgehead atoms. The number of rotatable bonds is 7. The molecule has 2 rings (SSSR count). The van der Waals surface area contributed by atoms with E-state index in [0.29, 0.717) is 5.41 Å². The Morgan fingerprint density at radius 1 is 1.25 bits per heavy atom. The van der Waals surface area contributed by atoms with Crippen LogP contribution in [0.3, 0.4) is 0 Å². The first-order valence-corrected chi connectivity index (χ1v) is 8.82. The second-order valence-electron chi connectivity index (χ2n) is 6.86. The van der Waals surface area contributed by atoms with Crippen molar-refractivity contribution in [2.45, 2.75) is 64.8 Å². The van der Waals surface area contributed by atoms with E-state index in [1.165, 1.54) is 58.0 Å². The van der Waals surface area contributed by atoms with Gasteiger partial charge < -0.3 is 10.1 Å². The lowest BCUT2D eigenvalue weighted by Gasteiger charge is -2.45. The zero-order valence-corrected chi connectivity index (χ0v) is 13.6. The van der Waals surface area contributed by atoms with Crippen molar-refractivity contribution < 1.29 is 4.74 Å². The zero-order chi connectivity index (χ0) is 14.3. The highest BCUT2D eigenvalue weighted by Gasteiger charge is 2.36. The van der Waals surface area contributed by atoms with Crippen molar-refractivity contribution >= 4 is 0 Å². The van der Waals surface area contributed by atoms with Crippen molar-refractivity contribution in [3.8, 4) is 0 Å². The van der Waals surface area contributed by atoms with Gasteiger partial charge in [-0.3, -0.25) is 4.90 Å². The van der Waals surface area contributed by atoms with Crippen molar-refractivity contribution in [1.82, 2.24) is 10.2 Å². The molecule has 0 aromatic heterocycles. The lowest BCUT2D eigenvalue weighted by molar-refractivity contribution is -0.0378. The highest BCUT2D eigenvalue weighted by molar-refractivity contribution is 4.90. The smallest absolute Gasteiger partial charge is 0.0546 e. The molecule has 118 valence electrons. The highest BCUT2D eigenvalue weighted by Crippen LogP contribution is 2.32. The minimum atomic E-state index is 0.359. The first-order chi connectivity index (χ1) is 9.79. The molecule has 3 nitrogen and oxygen atoms in total. The van der Waals surface area contributed by atoms with E-state index in [2.05, 4.69) is 24.1 Å². The summed E-state index contributed by atoms with van der Waals surface area (Å²) in [6, 6.07) is 0.814. The van der Waals surface area contributed by atoms with Gasteiger partial charge >= 0.3 is 0 Å². The Kier molecular flexibility index (Phi) is 6.79. The minimum absolute atomic E-state index is 0.359. The monoisotopic (exact) mass is 282 g/mol. The quantitative estimate of drug-likeness (QED) is 0.726. The maximum Gasteiger partial charge on any atom is 0.0546 e. The van der Waals surface area contributed by atoms with E-state index >= 15 is 0 Å². The highest BCUT2D eigenvalue weighted by atomic mass is 16.5. The summed E-state index contributed by atoms with van der Waals surface area (Å²) < 4.78 is 5.86. The van der Waals surface area contributed by atoms with Crippen LogP contribution in [0, 0.1) is 5.41 Å². The molecule has 0 radical (unpaired) electrons. The first kappa shape index (κ1) is 16.3. The van der Waals surface area contributed by atoms with E-state index in [4.69, 9.17) is 4.74 Å². The molecule has 2 aliphatic heterocycles. The van der Waals surface area contributed by atoms with Crippen molar-refractivity contribution in [2.24, 2.45) is 5.41 Å². The molecule has 2 aliphatic rings. The lowest BCUT2D eigenvalue weighted by atomic mass is 9.80. The van der Waals surface area contributed by atoms with Crippen LogP contribution < -0.4 is 5.32 Å². The third-order valence-electron chi connectivity index (χ3n) is 5.09. The van der Waals surface area contributed by atoms with Gasteiger partial charge in [-0.2, -0.15) is 0 Å². The second-order valence-corrected chi connectivity index (χ2v) is 6.86. The Morgan fingerprint density at radius 2 is 2.15 bits per heavy atom. The van der Waals surface area contributed by atoms with Crippen LogP contribution in [0.15, 0.2) is 0 Å². The van der Waals surface area contributed by atoms with Gasteiger partial charge in [-0.1, -0.05) is 20.3 Å². The molecule has 2 fully saturated rings. The van der Waals surface area contributed by atoms with Gasteiger partial charge in [0.05, 0.1) is 6.61 Å². The van der Waals surface area contributed by atoms with E-state index in [1.807, 2.05) is 0 Å². The Hall–Kier alpha value is -0.120. The molecule has 0 saturated carbocycles. The summed E-state index contributed by atoms with van der Waals surface area (Å²) in [5.74, 6) is 0. The average molecular weight is 282 g/mol. The van der Waals surface area contributed by atoms with Crippen molar-refractivity contribution in [3.05, 3.63) is 0 Å². The van der Waals surface area contributed by atoms with Gasteiger partial charge in [0.2, 0.25) is 0 Å². The second kappa shape index (κ2) is 8.35. The molecule has 20 heavy (non-hydrogen) atoms. The summed E-state index contributed by atoms with van der Waals surface area (Å²) in [4.78, 5) is 2.77. The van der Waals surface area contributed by atoms with Gasteiger partial charge in [-0.15, -0.1) is 0 Å². The summed E-state index contributed by atoms with van der Waals surface area (Å²) in [6.07, 6.45) is 9.30. The Morgan fingerprint density at radius 3 is 2.85 bits per heavy atom. The van der Waals surface area contributed by atoms with Crippen molar-refractivity contribution in [3.63, 3.8) is 0 Å². The van der Waals surface area contributed by atoms with Crippen molar-refractivity contribution in [1.29, 1.82) is 0 Å². The van der Waals surface area contributed by atoms with E-state index in [1.54, 1.807) is 0 Å². The number of nitrogens with zero attached hydrogens (tertiary/aromatic N) is 1. The van der Waals surface area contributed by atoms with Crippen LogP contribution in [0.2, 0.25) is 0 Å². The van der Waals surface area contributed by atoms with Gasteiger partial charge in [-0.05, 0) is 51.6 Å². The molecule has 2 saturated heterocycles. The SMILES string of the molecule is CCCNCC1(CN2CCCCC2CC)CCCOC1. The Bertz CT molecular complexity index is 264. The van der Waals surface area contributed by atoms with Gasteiger partial charge in [0.15, 0.2) is 0 Å². The van der Waals surface area contributed by atoms with Crippen LogP contribution in [0.5, 0.6) is 0 Å². The predicted octanol–water partition coefficient (Wildman–Crippen LogP) is 3.05. The van der Waals surface area contributed by atoms with Gasteiger partial charge in [0.1, 0.15) is 0 Å². The van der Waals surface area contributed by atoms with Gasteiger partial charge in [0.25, 0.3) is 0 Å². The zero-order valence-electron chi connectivity index (χ0n) is 13.6. The fourth-order valence-electron chi connectivity index (χ4n) is 3.92. The van der Waals surface area contributed by atoms with Crippen LogP contribution in [-0.2, 0) is 4.74 Å². The molecule has 0 spiro atoms. The molecule has 2 unspecified atom stereocenters. The van der Waals surface area contributed by atoms with E-state index in [0.717, 1.165) is 32.3 Å². The summed E-state index contributed by atoms with van der Waals surface area (Å²) >= 11 is 0. The Labute approximate surface area is 125 Å². The summed E-state index contributed by atoms with van der Waals surface area (Å²) in [5.41, 5.74) is 0.359. The van der Waals surface area contributed by atoms with Crippen LogP contribution in [-0.4, -0.2) is 50.3 Å². The fourth-order valence-corrected chi connectivity index (χ4v) is 3.92. The molecular formula is C17H34N2O. The fraction of sp³-hybridized carbons (Fsp3) is 1.00. The van der Waals surface area contributed by atoms with E-state index in [9.17, 15) is 0 Å². The van der Waals surface area contributed by atoms with Crippen LogP contribution in [0.4, 0.5) is 0 Å². The number of likely N-dealkylation sites (tertiary alicyclic amines) is 1. The molecule has 0 amide bonds. The summed E-state index contributed by atoms with van der Waals surface area (Å²) in [5, 5.41) is 3.66. The van der Waals surface area contributed by atoms with Crippen LogP contribution >= 0.6 is 0 Å². The first-order valence-electron chi connectivity index (χ1n) is 8.82. The van der Waals surface area contributed by atoms with Gasteiger partial charge in [-0.25, -0.2) is 0 Å². The number of ether oxygens (including phenoxy) is 1. The largest absolute Gasteiger partial charge is 0.381 e. The molecule has 2 atom stereocenters. The van der Waals surface area contributed by atoms with Crippen molar-refractivity contribution in [2.75, 3.05) is 39.4 Å². The number of hydrogen-bond acceptors (Lipinski definition) is 3. The maximum absolute atomic E-state index is 5.86. The molecule has 3 heteroatoms. The minimum Gasteiger partial charge on any atom is -0.381 e. The third-order valence-corrected chi connectivity index (χ3v) is 5.09. The van der Waals surface area contributed by atoms with E-state index < -0.39 is 0 Å². The maximum atomic E-state index is 5.86. The van der Waals surface area contributed by atoms with E-state index in [-0.39, 0.29) is 0 Å². The number of piperidine rings is 1. The summed E-state index contributed by atoms with van der Waals surface area (Å²) in [7, 11) is 0.